The highest BCUT2D eigenvalue weighted by atomic mass is 32.1. The van der Waals surface area contributed by atoms with E-state index in [2.05, 4.69) is 24.8 Å². The average Bonchev–Trinajstić information content (AvgIpc) is 3.30. The monoisotopic (exact) mass is 357 g/mol. The van der Waals surface area contributed by atoms with Gasteiger partial charge in [-0.3, -0.25) is 9.69 Å². The van der Waals surface area contributed by atoms with E-state index in [0.717, 1.165) is 16.9 Å². The minimum absolute atomic E-state index is 0.241. The molecule has 7 nitrogen and oxygen atoms in total. The van der Waals surface area contributed by atoms with Gasteiger partial charge in [-0.15, -0.1) is 11.3 Å². The third-order valence-electron chi connectivity index (χ3n) is 4.59. The van der Waals surface area contributed by atoms with Crippen molar-refractivity contribution in [2.24, 2.45) is 7.05 Å². The molecule has 2 atom stereocenters. The number of fused-ring (bicyclic) bond motifs is 1. The molecule has 130 valence electrons. The molecule has 2 aromatic heterocycles. The zero-order valence-electron chi connectivity index (χ0n) is 13.8. The third kappa shape index (κ3) is 3.15. The number of aliphatic hydroxyl groups excluding tert-OH is 1. The number of carbonyl (C=O) groups is 1. The van der Waals surface area contributed by atoms with Gasteiger partial charge in [0.15, 0.2) is 0 Å². The molecule has 0 unspecified atom stereocenters. The van der Waals surface area contributed by atoms with Crippen LogP contribution in [0.4, 0.5) is 0 Å². The molecule has 1 aromatic carbocycles. The zero-order chi connectivity index (χ0) is 17.4. The Balaban J connectivity index is 1.44. The second-order valence-corrected chi connectivity index (χ2v) is 7.01. The molecule has 1 aliphatic heterocycles. The lowest BCUT2D eigenvalue weighted by Crippen LogP contribution is -2.42. The molecule has 3 heterocycles. The average molecular weight is 357 g/mol. The number of amides is 1. The van der Waals surface area contributed by atoms with Crippen molar-refractivity contribution in [2.75, 3.05) is 13.1 Å². The molecule has 8 heteroatoms. The first-order valence-electron chi connectivity index (χ1n) is 8.11. The second kappa shape index (κ2) is 6.55. The van der Waals surface area contributed by atoms with E-state index in [0.29, 0.717) is 25.3 Å². The molecule has 0 aliphatic carbocycles. The van der Waals surface area contributed by atoms with Gasteiger partial charge in [-0.2, -0.15) is 0 Å². The number of thiazole rings is 1. The highest BCUT2D eigenvalue weighted by Crippen LogP contribution is 2.18. The van der Waals surface area contributed by atoms with Crippen LogP contribution in [0.2, 0.25) is 0 Å². The lowest BCUT2D eigenvalue weighted by atomic mass is 10.2. The molecule has 3 aromatic rings. The summed E-state index contributed by atoms with van der Waals surface area (Å²) in [7, 11) is 2.00. The molecule has 1 amide bonds. The van der Waals surface area contributed by atoms with Gasteiger partial charge in [-0.05, 0) is 12.1 Å². The van der Waals surface area contributed by atoms with Crippen LogP contribution in [0.25, 0.3) is 11.0 Å². The first kappa shape index (κ1) is 16.2. The quantitative estimate of drug-likeness (QED) is 0.728. The lowest BCUT2D eigenvalue weighted by molar-refractivity contribution is 0.0884. The molecule has 0 radical (unpaired) electrons. The number of nitrogens with one attached hydrogen (secondary N) is 1. The first-order chi connectivity index (χ1) is 12.1. The van der Waals surface area contributed by atoms with E-state index in [1.54, 1.807) is 10.9 Å². The van der Waals surface area contributed by atoms with Crippen LogP contribution >= 0.6 is 11.3 Å². The second-order valence-electron chi connectivity index (χ2n) is 6.29. The van der Waals surface area contributed by atoms with Crippen molar-refractivity contribution in [1.82, 2.24) is 24.8 Å². The van der Waals surface area contributed by atoms with Gasteiger partial charge in [0, 0.05) is 25.5 Å². The van der Waals surface area contributed by atoms with Crippen LogP contribution in [-0.2, 0) is 13.6 Å². The van der Waals surface area contributed by atoms with E-state index in [9.17, 15) is 9.90 Å². The number of aliphatic hydroxyl groups is 1. The fourth-order valence-electron chi connectivity index (χ4n) is 3.24. The number of nitrogens with zero attached hydrogens (tertiary/aromatic N) is 4. The fourth-order valence-corrected chi connectivity index (χ4v) is 3.77. The third-order valence-corrected chi connectivity index (χ3v) is 5.18. The van der Waals surface area contributed by atoms with E-state index in [-0.39, 0.29) is 11.9 Å². The summed E-state index contributed by atoms with van der Waals surface area (Å²) >= 11 is 1.38. The Labute approximate surface area is 148 Å². The Kier molecular flexibility index (Phi) is 4.24. The van der Waals surface area contributed by atoms with Gasteiger partial charge in [0.05, 0.1) is 35.2 Å². The van der Waals surface area contributed by atoms with Crippen molar-refractivity contribution in [2.45, 2.75) is 18.7 Å². The van der Waals surface area contributed by atoms with Gasteiger partial charge in [-0.1, -0.05) is 12.1 Å². The Bertz CT molecular complexity index is 892. The van der Waals surface area contributed by atoms with E-state index in [4.69, 9.17) is 0 Å². The largest absolute Gasteiger partial charge is 0.390 e. The molecule has 0 bridgehead atoms. The van der Waals surface area contributed by atoms with Crippen molar-refractivity contribution in [3.8, 4) is 0 Å². The number of rotatable bonds is 4. The van der Waals surface area contributed by atoms with Crippen LogP contribution in [-0.4, -0.2) is 55.7 Å². The van der Waals surface area contributed by atoms with Gasteiger partial charge >= 0.3 is 0 Å². The van der Waals surface area contributed by atoms with E-state index in [1.807, 2.05) is 31.3 Å². The number of aromatic nitrogens is 3. The number of carbonyl (C=O) groups excluding carboxylic acids is 1. The SMILES string of the molecule is Cn1c(CN2C[C@@H](O)[C@H](NC(=O)c3cscn3)C2)nc2ccccc21. The summed E-state index contributed by atoms with van der Waals surface area (Å²) in [6.45, 7) is 1.72. The van der Waals surface area contributed by atoms with Crippen LogP contribution in [0, 0.1) is 0 Å². The van der Waals surface area contributed by atoms with Crippen LogP contribution in [0.1, 0.15) is 16.3 Å². The Morgan fingerprint density at radius 2 is 2.24 bits per heavy atom. The molecular formula is C17H19N5O2S. The van der Waals surface area contributed by atoms with Gasteiger partial charge in [0.25, 0.3) is 5.91 Å². The van der Waals surface area contributed by atoms with E-state index < -0.39 is 6.10 Å². The summed E-state index contributed by atoms with van der Waals surface area (Å²) in [4.78, 5) is 22.9. The summed E-state index contributed by atoms with van der Waals surface area (Å²) in [5.41, 5.74) is 4.07. The fraction of sp³-hybridized carbons (Fsp3) is 0.353. The number of para-hydroxylation sites is 2. The normalized spacial score (nSPS) is 21.0. The number of benzene rings is 1. The molecule has 1 aliphatic rings. The molecule has 1 fully saturated rings. The van der Waals surface area contributed by atoms with Crippen molar-refractivity contribution >= 4 is 28.3 Å². The number of hydrogen-bond donors (Lipinski definition) is 2. The Morgan fingerprint density at radius 1 is 1.40 bits per heavy atom. The molecule has 2 N–H and O–H groups in total. The topological polar surface area (TPSA) is 83.3 Å². The van der Waals surface area contributed by atoms with Crippen LogP contribution in [0.3, 0.4) is 0 Å². The van der Waals surface area contributed by atoms with Crippen molar-refractivity contribution in [1.29, 1.82) is 0 Å². The Morgan fingerprint density at radius 3 is 3.00 bits per heavy atom. The first-order valence-corrected chi connectivity index (χ1v) is 9.06. The highest BCUT2D eigenvalue weighted by molar-refractivity contribution is 7.07. The number of hydrogen-bond acceptors (Lipinski definition) is 6. The van der Waals surface area contributed by atoms with Crippen LogP contribution < -0.4 is 5.32 Å². The summed E-state index contributed by atoms with van der Waals surface area (Å²) in [6, 6.07) is 7.71. The van der Waals surface area contributed by atoms with Gasteiger partial charge in [0.2, 0.25) is 0 Å². The maximum absolute atomic E-state index is 12.1. The number of β-amino-alcohol motifs (C(OH)–C–C–N with tert-alkyl or cyclic N) is 1. The highest BCUT2D eigenvalue weighted by Gasteiger charge is 2.33. The van der Waals surface area contributed by atoms with E-state index in [1.165, 1.54) is 11.3 Å². The summed E-state index contributed by atoms with van der Waals surface area (Å²) < 4.78 is 2.07. The maximum atomic E-state index is 12.1. The minimum Gasteiger partial charge on any atom is -0.390 e. The summed E-state index contributed by atoms with van der Waals surface area (Å²) in [6.07, 6.45) is -0.600. The molecule has 0 spiro atoms. The smallest absolute Gasteiger partial charge is 0.271 e. The standard InChI is InChI=1S/C17H19N5O2S/c1-21-14-5-3-2-4-11(14)19-16(21)8-22-6-12(15(23)7-22)20-17(24)13-9-25-10-18-13/h2-5,9-10,12,15,23H,6-8H2,1H3,(H,20,24)/t12-,15-/m1/s1. The molecule has 0 saturated carbocycles. The molecular weight excluding hydrogens is 338 g/mol. The number of aryl methyl sites for hydroxylation is 1. The van der Waals surface area contributed by atoms with Gasteiger partial charge in [0.1, 0.15) is 11.5 Å². The predicted octanol–water partition coefficient (Wildman–Crippen LogP) is 1.00. The zero-order valence-corrected chi connectivity index (χ0v) is 14.6. The molecule has 1 saturated heterocycles. The van der Waals surface area contributed by atoms with Crippen molar-refractivity contribution in [3.05, 3.63) is 46.7 Å². The summed E-state index contributed by atoms with van der Waals surface area (Å²) in [5.74, 6) is 0.703. The maximum Gasteiger partial charge on any atom is 0.271 e. The predicted molar refractivity (Wildman–Crippen MR) is 95.4 cm³/mol. The Hall–Kier alpha value is -2.29. The summed E-state index contributed by atoms with van der Waals surface area (Å²) in [5, 5.41) is 14.9. The van der Waals surface area contributed by atoms with E-state index >= 15 is 0 Å². The van der Waals surface area contributed by atoms with Crippen LogP contribution in [0.5, 0.6) is 0 Å². The van der Waals surface area contributed by atoms with Gasteiger partial charge < -0.3 is 15.0 Å². The van der Waals surface area contributed by atoms with Crippen molar-refractivity contribution in [3.63, 3.8) is 0 Å². The van der Waals surface area contributed by atoms with Crippen molar-refractivity contribution < 1.29 is 9.90 Å². The van der Waals surface area contributed by atoms with Gasteiger partial charge in [-0.25, -0.2) is 9.97 Å². The number of likely N-dealkylation sites (tertiary alicyclic amines) is 1. The lowest BCUT2D eigenvalue weighted by Gasteiger charge is -2.16. The minimum atomic E-state index is -0.600. The molecule has 25 heavy (non-hydrogen) atoms. The molecule has 4 rings (SSSR count). The number of imidazole rings is 1. The van der Waals surface area contributed by atoms with Crippen LogP contribution in [0.15, 0.2) is 35.2 Å².